The summed E-state index contributed by atoms with van der Waals surface area (Å²) in [4.78, 5) is 13.2. The summed E-state index contributed by atoms with van der Waals surface area (Å²) in [5.41, 5.74) is 2.13. The smallest absolute Gasteiger partial charge is 0.272 e. The molecule has 1 aliphatic carbocycles. The number of nitro benzene ring substituents is 1. The van der Waals surface area contributed by atoms with Gasteiger partial charge in [0, 0.05) is 49.7 Å². The highest BCUT2D eigenvalue weighted by molar-refractivity contribution is 5.42. The maximum atomic E-state index is 11.4. The predicted octanol–water partition coefficient (Wildman–Crippen LogP) is 4.77. The molecule has 0 bridgehead atoms. The standard InChI is InChI=1S/C26H31N5O3/c1-29(15-14-20-10-4-6-12-23(20)31(32)33)26-28-27-25(16-19-8-2-3-9-19)30(26)17-21-18-34-24-13-7-5-11-22(21)24/h4-7,10-13,19,21H,2-3,8-9,14-18H2,1H3. The van der Waals surface area contributed by atoms with E-state index in [4.69, 9.17) is 4.74 Å². The number of anilines is 1. The number of rotatable bonds is 9. The Bertz CT molecular complexity index is 1150. The van der Waals surface area contributed by atoms with Gasteiger partial charge in [-0.15, -0.1) is 10.2 Å². The molecule has 1 atom stereocenters. The first-order valence-corrected chi connectivity index (χ1v) is 12.2. The Labute approximate surface area is 199 Å². The van der Waals surface area contributed by atoms with Crippen LogP contribution in [0.3, 0.4) is 0 Å². The minimum Gasteiger partial charge on any atom is -0.493 e. The Morgan fingerprint density at radius 2 is 1.88 bits per heavy atom. The van der Waals surface area contributed by atoms with Crippen LogP contribution < -0.4 is 9.64 Å². The Hall–Kier alpha value is -3.42. The lowest BCUT2D eigenvalue weighted by Gasteiger charge is -2.22. The van der Waals surface area contributed by atoms with Crippen LogP contribution in [-0.4, -0.2) is 39.9 Å². The molecule has 0 N–H and O–H groups in total. The number of hydrogen-bond donors (Lipinski definition) is 0. The van der Waals surface area contributed by atoms with Gasteiger partial charge in [-0.05, 0) is 18.4 Å². The average molecular weight is 462 g/mol. The van der Waals surface area contributed by atoms with Gasteiger partial charge < -0.3 is 9.64 Å². The van der Waals surface area contributed by atoms with Gasteiger partial charge in [-0.2, -0.15) is 0 Å². The van der Waals surface area contributed by atoms with Crippen LogP contribution in [0.1, 0.15) is 48.6 Å². The molecule has 0 saturated heterocycles. The molecule has 1 aromatic heterocycles. The number of likely N-dealkylation sites (N-methyl/N-ethyl adjacent to an activating group) is 1. The van der Waals surface area contributed by atoms with Gasteiger partial charge in [0.05, 0.1) is 11.5 Å². The van der Waals surface area contributed by atoms with E-state index >= 15 is 0 Å². The summed E-state index contributed by atoms with van der Waals surface area (Å²) >= 11 is 0. The summed E-state index contributed by atoms with van der Waals surface area (Å²) in [5.74, 6) is 3.72. The van der Waals surface area contributed by atoms with E-state index in [0.29, 0.717) is 25.5 Å². The van der Waals surface area contributed by atoms with Crippen LogP contribution in [0, 0.1) is 16.0 Å². The predicted molar refractivity (Wildman–Crippen MR) is 130 cm³/mol. The summed E-state index contributed by atoms with van der Waals surface area (Å²) < 4.78 is 8.20. The quantitative estimate of drug-likeness (QED) is 0.337. The molecule has 2 aliphatic rings. The number of hydrogen-bond acceptors (Lipinski definition) is 6. The molecule has 0 spiro atoms. The average Bonchev–Trinajstić information content (AvgIpc) is 3.60. The van der Waals surface area contributed by atoms with Gasteiger partial charge in [-0.3, -0.25) is 14.7 Å². The molecule has 0 radical (unpaired) electrons. The zero-order valence-electron chi connectivity index (χ0n) is 19.6. The molecular formula is C26H31N5O3. The summed E-state index contributed by atoms with van der Waals surface area (Å²) in [6.45, 7) is 2.03. The van der Waals surface area contributed by atoms with Gasteiger partial charge in [-0.25, -0.2) is 0 Å². The fourth-order valence-corrected chi connectivity index (χ4v) is 5.31. The lowest BCUT2D eigenvalue weighted by molar-refractivity contribution is -0.385. The second-order valence-electron chi connectivity index (χ2n) is 9.48. The minimum atomic E-state index is -0.310. The summed E-state index contributed by atoms with van der Waals surface area (Å²) in [5, 5.41) is 20.6. The first kappa shape index (κ1) is 22.4. The molecule has 8 heteroatoms. The van der Waals surface area contributed by atoms with Gasteiger partial charge in [-0.1, -0.05) is 62.1 Å². The van der Waals surface area contributed by atoms with Gasteiger partial charge in [0.1, 0.15) is 11.6 Å². The number of aromatic nitrogens is 3. The van der Waals surface area contributed by atoms with E-state index in [1.807, 2.05) is 31.3 Å². The van der Waals surface area contributed by atoms with Crippen molar-refractivity contribution in [3.8, 4) is 5.75 Å². The van der Waals surface area contributed by atoms with Crippen LogP contribution >= 0.6 is 0 Å². The van der Waals surface area contributed by atoms with Crippen molar-refractivity contribution in [2.24, 2.45) is 5.92 Å². The molecule has 3 aromatic rings. The summed E-state index contributed by atoms with van der Waals surface area (Å²) in [6, 6.07) is 15.2. The van der Waals surface area contributed by atoms with Crippen molar-refractivity contribution in [2.75, 3.05) is 25.1 Å². The highest BCUT2D eigenvalue weighted by Gasteiger charge is 2.28. The van der Waals surface area contributed by atoms with Crippen molar-refractivity contribution < 1.29 is 9.66 Å². The molecule has 1 fully saturated rings. The first-order chi connectivity index (χ1) is 16.6. The molecule has 1 unspecified atom stereocenters. The molecule has 1 aliphatic heterocycles. The Morgan fingerprint density at radius 1 is 1.12 bits per heavy atom. The highest BCUT2D eigenvalue weighted by Crippen LogP contribution is 2.36. The Kier molecular flexibility index (Phi) is 6.47. The Morgan fingerprint density at radius 3 is 2.71 bits per heavy atom. The number of nitrogens with zero attached hydrogens (tertiary/aromatic N) is 5. The number of benzene rings is 2. The number of para-hydroxylation sites is 2. The van der Waals surface area contributed by atoms with E-state index in [2.05, 4.69) is 31.8 Å². The summed E-state index contributed by atoms with van der Waals surface area (Å²) in [6.07, 6.45) is 6.61. The third-order valence-electron chi connectivity index (χ3n) is 7.20. The van der Waals surface area contributed by atoms with E-state index in [0.717, 1.165) is 36.1 Å². The molecule has 34 heavy (non-hydrogen) atoms. The van der Waals surface area contributed by atoms with E-state index in [9.17, 15) is 10.1 Å². The van der Waals surface area contributed by atoms with Crippen LogP contribution in [0.25, 0.3) is 0 Å². The second-order valence-corrected chi connectivity index (χ2v) is 9.48. The fraction of sp³-hybridized carbons (Fsp3) is 0.462. The van der Waals surface area contributed by atoms with Crippen LogP contribution in [0.5, 0.6) is 5.75 Å². The highest BCUT2D eigenvalue weighted by atomic mass is 16.6. The molecule has 178 valence electrons. The molecule has 2 heterocycles. The molecule has 1 saturated carbocycles. The normalized spacial score (nSPS) is 17.5. The zero-order chi connectivity index (χ0) is 23.5. The van der Waals surface area contributed by atoms with E-state index in [1.54, 1.807) is 12.1 Å². The first-order valence-electron chi connectivity index (χ1n) is 12.2. The summed E-state index contributed by atoms with van der Waals surface area (Å²) in [7, 11) is 1.99. The minimum absolute atomic E-state index is 0.166. The molecule has 2 aromatic carbocycles. The van der Waals surface area contributed by atoms with Crippen molar-refractivity contribution in [2.45, 2.75) is 51.0 Å². The van der Waals surface area contributed by atoms with E-state index in [-0.39, 0.29) is 16.5 Å². The SMILES string of the molecule is CN(CCc1ccccc1[N+](=O)[O-])c1nnc(CC2CCCC2)n1CC1COc2ccccc21. The third kappa shape index (κ3) is 4.62. The lowest BCUT2D eigenvalue weighted by Crippen LogP contribution is -2.26. The van der Waals surface area contributed by atoms with Gasteiger partial charge in [0.15, 0.2) is 0 Å². The van der Waals surface area contributed by atoms with Crippen LogP contribution in [0.15, 0.2) is 48.5 Å². The topological polar surface area (TPSA) is 86.3 Å². The van der Waals surface area contributed by atoms with Gasteiger partial charge in [0.25, 0.3) is 5.69 Å². The number of ether oxygens (including phenoxy) is 1. The lowest BCUT2D eigenvalue weighted by atomic mass is 10.0. The third-order valence-corrected chi connectivity index (χ3v) is 7.20. The fourth-order valence-electron chi connectivity index (χ4n) is 5.31. The van der Waals surface area contributed by atoms with Crippen LogP contribution in [0.4, 0.5) is 11.6 Å². The molecule has 8 nitrogen and oxygen atoms in total. The maximum absolute atomic E-state index is 11.4. The number of nitro groups is 1. The van der Waals surface area contributed by atoms with Crippen molar-refractivity contribution in [3.05, 3.63) is 75.6 Å². The van der Waals surface area contributed by atoms with E-state index in [1.165, 1.54) is 31.2 Å². The Balaban J connectivity index is 1.38. The zero-order valence-corrected chi connectivity index (χ0v) is 19.6. The van der Waals surface area contributed by atoms with Crippen molar-refractivity contribution in [3.63, 3.8) is 0 Å². The van der Waals surface area contributed by atoms with E-state index < -0.39 is 0 Å². The van der Waals surface area contributed by atoms with Crippen LogP contribution in [0.2, 0.25) is 0 Å². The number of fused-ring (bicyclic) bond motifs is 1. The monoisotopic (exact) mass is 461 g/mol. The van der Waals surface area contributed by atoms with Gasteiger partial charge >= 0.3 is 0 Å². The molecule has 5 rings (SSSR count). The van der Waals surface area contributed by atoms with Crippen molar-refractivity contribution in [1.29, 1.82) is 0 Å². The van der Waals surface area contributed by atoms with Crippen molar-refractivity contribution >= 4 is 11.6 Å². The van der Waals surface area contributed by atoms with Crippen molar-refractivity contribution in [1.82, 2.24) is 14.8 Å². The van der Waals surface area contributed by atoms with Gasteiger partial charge in [0.2, 0.25) is 5.95 Å². The van der Waals surface area contributed by atoms with Crippen LogP contribution in [-0.2, 0) is 19.4 Å². The molecule has 0 amide bonds. The maximum Gasteiger partial charge on any atom is 0.272 e. The largest absolute Gasteiger partial charge is 0.493 e. The molecular weight excluding hydrogens is 430 g/mol. The second kappa shape index (κ2) is 9.83.